The van der Waals surface area contributed by atoms with Crippen molar-refractivity contribution in [2.24, 2.45) is 0 Å². The van der Waals surface area contributed by atoms with Crippen molar-refractivity contribution in [3.8, 4) is 0 Å². The molecule has 2 N–H and O–H groups in total. The Kier molecular flexibility index (Phi) is 6.17. The molecule has 1 fully saturated rings. The summed E-state index contributed by atoms with van der Waals surface area (Å²) < 4.78 is 4.90. The molecule has 0 aliphatic carbocycles. The van der Waals surface area contributed by atoms with Crippen LogP contribution in [-0.2, 0) is 4.74 Å². The molecular weight excluding hydrogens is 192 g/mol. The minimum absolute atomic E-state index is 0.372. The predicted molar refractivity (Wildman–Crippen MR) is 61.0 cm³/mol. The second-order valence-corrected chi connectivity index (χ2v) is 4.48. The minimum Gasteiger partial charge on any atom is -0.389 e. The third-order valence-corrected chi connectivity index (χ3v) is 2.83. The lowest BCUT2D eigenvalue weighted by molar-refractivity contribution is 0.0410. The molecule has 2 atom stereocenters. The Hall–Kier alpha value is -0.160. The van der Waals surface area contributed by atoms with Gasteiger partial charge in [0.05, 0.1) is 12.7 Å². The second kappa shape index (κ2) is 7.17. The van der Waals surface area contributed by atoms with Gasteiger partial charge in [-0.05, 0) is 26.4 Å². The van der Waals surface area contributed by atoms with E-state index in [1.54, 1.807) is 7.11 Å². The van der Waals surface area contributed by atoms with Crippen LogP contribution in [0.4, 0.5) is 0 Å². The minimum atomic E-state index is -0.372. The van der Waals surface area contributed by atoms with E-state index < -0.39 is 0 Å². The molecule has 0 radical (unpaired) electrons. The zero-order valence-electron chi connectivity index (χ0n) is 9.91. The number of likely N-dealkylation sites (N-methyl/N-ethyl adjacent to an activating group) is 1. The first kappa shape index (κ1) is 12.9. The molecule has 4 nitrogen and oxygen atoms in total. The highest BCUT2D eigenvalue weighted by Gasteiger charge is 2.16. The summed E-state index contributed by atoms with van der Waals surface area (Å²) in [7, 11) is 3.67. The first-order valence-corrected chi connectivity index (χ1v) is 5.81. The van der Waals surface area contributed by atoms with Gasteiger partial charge in [0.1, 0.15) is 0 Å². The van der Waals surface area contributed by atoms with Crippen LogP contribution in [-0.4, -0.2) is 62.6 Å². The smallest absolute Gasteiger partial charge is 0.0899 e. The van der Waals surface area contributed by atoms with Crippen molar-refractivity contribution in [3.63, 3.8) is 0 Å². The van der Waals surface area contributed by atoms with Crippen LogP contribution < -0.4 is 5.32 Å². The van der Waals surface area contributed by atoms with Gasteiger partial charge in [0.15, 0.2) is 0 Å². The van der Waals surface area contributed by atoms with E-state index in [9.17, 15) is 5.11 Å². The summed E-state index contributed by atoms with van der Waals surface area (Å²) in [4.78, 5) is 2.17. The highest BCUT2D eigenvalue weighted by atomic mass is 16.5. The molecule has 1 heterocycles. The number of nitrogens with zero attached hydrogens (tertiary/aromatic N) is 1. The fourth-order valence-electron chi connectivity index (χ4n) is 2.14. The largest absolute Gasteiger partial charge is 0.389 e. The molecule has 0 aromatic rings. The third-order valence-electron chi connectivity index (χ3n) is 2.83. The Balaban J connectivity index is 2.13. The van der Waals surface area contributed by atoms with E-state index in [0.29, 0.717) is 19.2 Å². The number of aliphatic hydroxyl groups is 1. The van der Waals surface area contributed by atoms with Crippen LogP contribution in [0.2, 0.25) is 0 Å². The summed E-state index contributed by atoms with van der Waals surface area (Å²) in [5, 5.41) is 13.1. The summed E-state index contributed by atoms with van der Waals surface area (Å²) >= 11 is 0. The summed E-state index contributed by atoms with van der Waals surface area (Å²) in [6.45, 7) is 3.26. The van der Waals surface area contributed by atoms with Crippen molar-refractivity contribution in [1.82, 2.24) is 10.2 Å². The van der Waals surface area contributed by atoms with Gasteiger partial charge in [0.25, 0.3) is 0 Å². The second-order valence-electron chi connectivity index (χ2n) is 4.48. The average Bonchev–Trinajstić information content (AvgIpc) is 2.19. The molecule has 1 aliphatic heterocycles. The lowest BCUT2D eigenvalue weighted by atomic mass is 10.0. The zero-order valence-corrected chi connectivity index (χ0v) is 9.91. The molecule has 2 unspecified atom stereocenters. The summed E-state index contributed by atoms with van der Waals surface area (Å²) in [5.41, 5.74) is 0. The molecule has 0 aromatic carbocycles. The molecule has 0 amide bonds. The molecule has 1 aliphatic rings. The molecule has 1 saturated heterocycles. The Morgan fingerprint density at radius 3 is 2.93 bits per heavy atom. The van der Waals surface area contributed by atoms with Gasteiger partial charge in [0.2, 0.25) is 0 Å². The molecule has 0 aromatic heterocycles. The van der Waals surface area contributed by atoms with Crippen LogP contribution in [0.25, 0.3) is 0 Å². The molecular formula is C11H24N2O2. The zero-order chi connectivity index (χ0) is 11.1. The number of aliphatic hydroxyl groups excluding tert-OH is 1. The highest BCUT2D eigenvalue weighted by Crippen LogP contribution is 2.07. The van der Waals surface area contributed by atoms with E-state index in [1.807, 2.05) is 0 Å². The SMILES string of the molecule is COCC(O)CN(C)CC1CCCCN1. The molecule has 0 spiro atoms. The number of hydrogen-bond acceptors (Lipinski definition) is 4. The molecule has 1 rings (SSSR count). The monoisotopic (exact) mass is 216 g/mol. The van der Waals surface area contributed by atoms with E-state index in [2.05, 4.69) is 17.3 Å². The van der Waals surface area contributed by atoms with Crippen LogP contribution in [0, 0.1) is 0 Å². The number of nitrogens with one attached hydrogen (secondary N) is 1. The highest BCUT2D eigenvalue weighted by molar-refractivity contribution is 4.75. The van der Waals surface area contributed by atoms with Crippen LogP contribution in [0.15, 0.2) is 0 Å². The predicted octanol–water partition coefficient (Wildman–Crippen LogP) is 0.0676. The van der Waals surface area contributed by atoms with E-state index in [0.717, 1.165) is 13.1 Å². The van der Waals surface area contributed by atoms with Gasteiger partial charge < -0.3 is 20.1 Å². The first-order valence-electron chi connectivity index (χ1n) is 5.81. The van der Waals surface area contributed by atoms with Crippen molar-refractivity contribution in [2.75, 3.05) is 40.4 Å². The van der Waals surface area contributed by atoms with E-state index in [-0.39, 0.29) is 6.10 Å². The van der Waals surface area contributed by atoms with Gasteiger partial charge in [-0.25, -0.2) is 0 Å². The van der Waals surface area contributed by atoms with Gasteiger partial charge in [0, 0.05) is 26.2 Å². The number of rotatable bonds is 6. The molecule has 0 bridgehead atoms. The van der Waals surface area contributed by atoms with Crippen molar-refractivity contribution >= 4 is 0 Å². The Bertz CT molecular complexity index is 161. The fourth-order valence-corrected chi connectivity index (χ4v) is 2.14. The topological polar surface area (TPSA) is 44.7 Å². The van der Waals surface area contributed by atoms with Gasteiger partial charge in [-0.2, -0.15) is 0 Å². The lowest BCUT2D eigenvalue weighted by Crippen LogP contribution is -2.44. The molecule has 15 heavy (non-hydrogen) atoms. The van der Waals surface area contributed by atoms with Crippen LogP contribution in [0.5, 0.6) is 0 Å². The standard InChI is InChI=1S/C11H24N2O2/c1-13(8-11(14)9-15-2)7-10-5-3-4-6-12-10/h10-12,14H,3-9H2,1-2H3. The van der Waals surface area contributed by atoms with Crippen LogP contribution in [0.3, 0.4) is 0 Å². The maximum atomic E-state index is 9.56. The van der Waals surface area contributed by atoms with Crippen molar-refractivity contribution in [2.45, 2.75) is 31.4 Å². The first-order chi connectivity index (χ1) is 7.22. The van der Waals surface area contributed by atoms with Crippen molar-refractivity contribution < 1.29 is 9.84 Å². The van der Waals surface area contributed by atoms with E-state index in [1.165, 1.54) is 19.3 Å². The maximum absolute atomic E-state index is 9.56. The van der Waals surface area contributed by atoms with Gasteiger partial charge >= 0.3 is 0 Å². The summed E-state index contributed by atoms with van der Waals surface area (Å²) in [6.07, 6.45) is 3.51. The average molecular weight is 216 g/mol. The van der Waals surface area contributed by atoms with Crippen molar-refractivity contribution in [1.29, 1.82) is 0 Å². The lowest BCUT2D eigenvalue weighted by Gasteiger charge is -2.29. The normalized spacial score (nSPS) is 24.4. The Morgan fingerprint density at radius 2 is 2.33 bits per heavy atom. The maximum Gasteiger partial charge on any atom is 0.0899 e. The fraction of sp³-hybridized carbons (Fsp3) is 1.00. The summed E-state index contributed by atoms with van der Waals surface area (Å²) in [6, 6.07) is 0.596. The van der Waals surface area contributed by atoms with Gasteiger partial charge in [-0.1, -0.05) is 6.42 Å². The quantitative estimate of drug-likeness (QED) is 0.659. The molecule has 90 valence electrons. The number of piperidine rings is 1. The Labute approximate surface area is 92.6 Å². The molecule has 0 saturated carbocycles. The third kappa shape index (κ3) is 5.47. The molecule has 4 heteroatoms. The summed E-state index contributed by atoms with van der Waals surface area (Å²) in [5.74, 6) is 0. The Morgan fingerprint density at radius 1 is 1.53 bits per heavy atom. The van der Waals surface area contributed by atoms with E-state index >= 15 is 0 Å². The van der Waals surface area contributed by atoms with Crippen LogP contribution >= 0.6 is 0 Å². The van der Waals surface area contributed by atoms with Crippen LogP contribution in [0.1, 0.15) is 19.3 Å². The van der Waals surface area contributed by atoms with Crippen molar-refractivity contribution in [3.05, 3.63) is 0 Å². The van der Waals surface area contributed by atoms with E-state index in [4.69, 9.17) is 4.74 Å². The van der Waals surface area contributed by atoms with Gasteiger partial charge in [-0.3, -0.25) is 0 Å². The number of hydrogen-bond donors (Lipinski definition) is 2. The number of methoxy groups -OCH3 is 1. The number of ether oxygens (including phenoxy) is 1. The van der Waals surface area contributed by atoms with Gasteiger partial charge in [-0.15, -0.1) is 0 Å².